The molecule has 0 fully saturated rings. The number of nitrogens with one attached hydrogen (secondary N) is 2. The zero-order chi connectivity index (χ0) is 10.9. The van der Waals surface area contributed by atoms with E-state index in [0.29, 0.717) is 6.54 Å². The van der Waals surface area contributed by atoms with Crippen molar-refractivity contribution in [2.75, 3.05) is 18.4 Å². The van der Waals surface area contributed by atoms with Gasteiger partial charge in [-0.1, -0.05) is 0 Å². The minimum absolute atomic E-state index is 0.0755. The van der Waals surface area contributed by atoms with Crippen LogP contribution < -0.4 is 16.4 Å². The minimum atomic E-state index is -0.0755. The van der Waals surface area contributed by atoms with Gasteiger partial charge in [0.1, 0.15) is 0 Å². The topological polar surface area (TPSA) is 63.0 Å². The first-order valence-corrected chi connectivity index (χ1v) is 6.10. The number of nitrogens with two attached hydrogens (primary N) is 1. The Kier molecular flexibility index (Phi) is 2.95. The molecule has 0 atom stereocenters. The van der Waals surface area contributed by atoms with Crippen LogP contribution in [-0.4, -0.2) is 23.6 Å². The van der Waals surface area contributed by atoms with Gasteiger partial charge in [0.2, 0.25) is 0 Å². The molecule has 84 valence electrons. The molecule has 2 rings (SSSR count). The van der Waals surface area contributed by atoms with Gasteiger partial charge in [0.25, 0.3) is 0 Å². The van der Waals surface area contributed by atoms with Crippen molar-refractivity contribution in [1.82, 2.24) is 10.3 Å². The second-order valence-corrected chi connectivity index (χ2v) is 5.61. The smallest absolute Gasteiger partial charge is 0.183 e. The van der Waals surface area contributed by atoms with Gasteiger partial charge in [-0.05, 0) is 13.8 Å². The fourth-order valence-electron chi connectivity index (χ4n) is 1.52. The van der Waals surface area contributed by atoms with Crippen LogP contribution in [0.1, 0.15) is 24.4 Å². The molecular weight excluding hydrogens is 208 g/mol. The first-order chi connectivity index (χ1) is 7.11. The fourth-order valence-corrected chi connectivity index (χ4v) is 2.68. The second-order valence-electron chi connectivity index (χ2n) is 4.53. The lowest BCUT2D eigenvalue weighted by Crippen LogP contribution is -2.39. The lowest BCUT2D eigenvalue weighted by atomic mass is 10.1. The highest BCUT2D eigenvalue weighted by Crippen LogP contribution is 2.27. The van der Waals surface area contributed by atoms with Crippen molar-refractivity contribution in [2.45, 2.75) is 32.4 Å². The van der Waals surface area contributed by atoms with Crippen LogP contribution in [0, 0.1) is 0 Å². The molecule has 0 bridgehead atoms. The Morgan fingerprint density at radius 2 is 2.40 bits per heavy atom. The molecule has 1 aromatic rings. The second kappa shape index (κ2) is 4.08. The highest BCUT2D eigenvalue weighted by molar-refractivity contribution is 7.15. The molecule has 1 aromatic heterocycles. The van der Waals surface area contributed by atoms with Crippen molar-refractivity contribution in [3.8, 4) is 0 Å². The Bertz CT molecular complexity index is 322. The predicted molar refractivity (Wildman–Crippen MR) is 64.3 cm³/mol. The van der Waals surface area contributed by atoms with E-state index < -0.39 is 0 Å². The predicted octanol–water partition coefficient (Wildman–Crippen LogP) is 0.938. The van der Waals surface area contributed by atoms with Crippen LogP contribution in [0.4, 0.5) is 5.13 Å². The third-order valence-electron chi connectivity index (χ3n) is 2.56. The first-order valence-electron chi connectivity index (χ1n) is 5.28. The third-order valence-corrected chi connectivity index (χ3v) is 3.57. The summed E-state index contributed by atoms with van der Waals surface area (Å²) in [6.07, 6.45) is 1.04. The Morgan fingerprint density at radius 1 is 1.60 bits per heavy atom. The minimum Gasteiger partial charge on any atom is -0.355 e. The number of fused-ring (bicyclic) bond motifs is 1. The summed E-state index contributed by atoms with van der Waals surface area (Å²) in [6.45, 7) is 6.78. The molecule has 0 saturated heterocycles. The zero-order valence-corrected chi connectivity index (χ0v) is 10.1. The van der Waals surface area contributed by atoms with Crippen LogP contribution in [0.25, 0.3) is 0 Å². The maximum atomic E-state index is 5.68. The summed E-state index contributed by atoms with van der Waals surface area (Å²) in [5, 5.41) is 7.73. The van der Waals surface area contributed by atoms with Crippen LogP contribution in [0.2, 0.25) is 0 Å². The summed E-state index contributed by atoms with van der Waals surface area (Å²) in [6, 6.07) is 0. The normalized spacial score (nSPS) is 16.2. The van der Waals surface area contributed by atoms with E-state index in [4.69, 9.17) is 5.73 Å². The summed E-state index contributed by atoms with van der Waals surface area (Å²) >= 11 is 1.74. The lowest BCUT2D eigenvalue weighted by Gasteiger charge is -2.23. The molecule has 0 spiro atoms. The summed E-state index contributed by atoms with van der Waals surface area (Å²) in [5.74, 6) is 0. The van der Waals surface area contributed by atoms with Gasteiger partial charge in [-0.15, -0.1) is 11.3 Å². The van der Waals surface area contributed by atoms with Gasteiger partial charge < -0.3 is 16.4 Å². The summed E-state index contributed by atoms with van der Waals surface area (Å²) in [4.78, 5) is 5.95. The van der Waals surface area contributed by atoms with E-state index in [0.717, 1.165) is 24.6 Å². The molecular formula is C10H18N4S. The molecule has 0 radical (unpaired) electrons. The van der Waals surface area contributed by atoms with Gasteiger partial charge in [0, 0.05) is 36.5 Å². The zero-order valence-electron chi connectivity index (χ0n) is 9.26. The van der Waals surface area contributed by atoms with Crippen molar-refractivity contribution < 1.29 is 0 Å². The van der Waals surface area contributed by atoms with Gasteiger partial charge in [-0.25, -0.2) is 4.98 Å². The molecule has 5 heteroatoms. The van der Waals surface area contributed by atoms with Crippen LogP contribution in [0.15, 0.2) is 0 Å². The van der Waals surface area contributed by atoms with E-state index in [9.17, 15) is 0 Å². The lowest BCUT2D eigenvalue weighted by molar-refractivity contribution is 0.579. The summed E-state index contributed by atoms with van der Waals surface area (Å²) < 4.78 is 0. The molecule has 0 saturated carbocycles. The fraction of sp³-hybridized carbons (Fsp3) is 0.700. The van der Waals surface area contributed by atoms with Crippen molar-refractivity contribution in [3.63, 3.8) is 0 Å². The maximum absolute atomic E-state index is 5.68. The molecule has 0 unspecified atom stereocenters. The maximum Gasteiger partial charge on any atom is 0.183 e. The molecule has 1 aliphatic rings. The SMILES string of the molecule is CC(C)(CN)Nc1nc2c(s1)CNCC2. The van der Waals surface area contributed by atoms with E-state index in [1.54, 1.807) is 11.3 Å². The number of hydrogen-bond donors (Lipinski definition) is 3. The average Bonchev–Trinajstić information content (AvgIpc) is 2.58. The molecule has 4 N–H and O–H groups in total. The number of hydrogen-bond acceptors (Lipinski definition) is 5. The van der Waals surface area contributed by atoms with Crippen LogP contribution >= 0.6 is 11.3 Å². The monoisotopic (exact) mass is 226 g/mol. The first kappa shape index (κ1) is 10.9. The van der Waals surface area contributed by atoms with Crippen LogP contribution in [0.5, 0.6) is 0 Å². The number of rotatable bonds is 3. The van der Waals surface area contributed by atoms with E-state index >= 15 is 0 Å². The molecule has 0 amide bonds. The molecule has 0 aliphatic carbocycles. The number of nitrogens with zero attached hydrogens (tertiary/aromatic N) is 1. The Morgan fingerprint density at radius 3 is 3.07 bits per heavy atom. The quantitative estimate of drug-likeness (QED) is 0.718. The van der Waals surface area contributed by atoms with Gasteiger partial charge in [0.15, 0.2) is 5.13 Å². The Balaban J connectivity index is 2.13. The summed E-state index contributed by atoms with van der Waals surface area (Å²) in [5.41, 5.74) is 6.85. The molecule has 15 heavy (non-hydrogen) atoms. The third kappa shape index (κ3) is 2.48. The average molecular weight is 226 g/mol. The largest absolute Gasteiger partial charge is 0.355 e. The van der Waals surface area contributed by atoms with E-state index in [2.05, 4.69) is 29.5 Å². The van der Waals surface area contributed by atoms with Gasteiger partial charge in [0.05, 0.1) is 5.69 Å². The highest BCUT2D eigenvalue weighted by atomic mass is 32.1. The van der Waals surface area contributed by atoms with Crippen molar-refractivity contribution >= 4 is 16.5 Å². The van der Waals surface area contributed by atoms with E-state index in [-0.39, 0.29) is 5.54 Å². The molecule has 0 aromatic carbocycles. The van der Waals surface area contributed by atoms with Crippen LogP contribution in [-0.2, 0) is 13.0 Å². The molecule has 4 nitrogen and oxygen atoms in total. The standard InChI is InChI=1S/C10H18N4S/c1-10(2,6-11)14-9-13-7-3-4-12-5-8(7)15-9/h12H,3-6,11H2,1-2H3,(H,13,14). The van der Waals surface area contributed by atoms with Crippen LogP contribution in [0.3, 0.4) is 0 Å². The van der Waals surface area contributed by atoms with Crippen molar-refractivity contribution in [1.29, 1.82) is 0 Å². The molecule has 2 heterocycles. The number of anilines is 1. The molecule has 1 aliphatic heterocycles. The Hall–Kier alpha value is -0.650. The van der Waals surface area contributed by atoms with E-state index in [1.807, 2.05) is 0 Å². The van der Waals surface area contributed by atoms with E-state index in [1.165, 1.54) is 10.6 Å². The van der Waals surface area contributed by atoms with Gasteiger partial charge in [-0.2, -0.15) is 0 Å². The Labute approximate surface area is 94.3 Å². The van der Waals surface area contributed by atoms with Crippen molar-refractivity contribution in [2.24, 2.45) is 5.73 Å². The number of aromatic nitrogens is 1. The van der Waals surface area contributed by atoms with Gasteiger partial charge >= 0.3 is 0 Å². The van der Waals surface area contributed by atoms with Crippen molar-refractivity contribution in [3.05, 3.63) is 10.6 Å². The summed E-state index contributed by atoms with van der Waals surface area (Å²) in [7, 11) is 0. The highest BCUT2D eigenvalue weighted by Gasteiger charge is 2.20. The van der Waals surface area contributed by atoms with Gasteiger partial charge in [-0.3, -0.25) is 0 Å². The number of thiazole rings is 1.